The lowest BCUT2D eigenvalue weighted by molar-refractivity contribution is 0.0478. The molecule has 0 atom stereocenters. The molecule has 1 rings (SSSR count). The molecule has 0 amide bonds. The highest BCUT2D eigenvalue weighted by atomic mass is 127. The second-order valence-electron chi connectivity index (χ2n) is 1.87. The Kier molecular flexibility index (Phi) is 3.58. The third kappa shape index (κ3) is 3.02. The van der Waals surface area contributed by atoms with Gasteiger partial charge in [-0.3, -0.25) is 0 Å². The van der Waals surface area contributed by atoms with Gasteiger partial charge in [0.05, 0.1) is 0 Å². The average molecular weight is 265 g/mol. The van der Waals surface area contributed by atoms with Gasteiger partial charge < -0.3 is 9.47 Å². The van der Waals surface area contributed by atoms with Crippen molar-refractivity contribution in [2.24, 2.45) is 0 Å². The van der Waals surface area contributed by atoms with Crippen LogP contribution in [0.15, 0.2) is 18.3 Å². The van der Waals surface area contributed by atoms with E-state index in [1.807, 2.05) is 6.07 Å². The zero-order valence-corrected chi connectivity index (χ0v) is 8.24. The molecule has 0 aromatic carbocycles. The lowest BCUT2D eigenvalue weighted by Crippen LogP contribution is -2.00. The number of rotatable bonds is 3. The van der Waals surface area contributed by atoms with Crippen LogP contribution in [0.25, 0.3) is 0 Å². The summed E-state index contributed by atoms with van der Waals surface area (Å²) in [5.74, 6) is 0.590. The Labute approximate surface area is 78.9 Å². The van der Waals surface area contributed by atoms with Crippen LogP contribution in [0.5, 0.6) is 5.88 Å². The van der Waals surface area contributed by atoms with Crippen molar-refractivity contribution in [2.45, 2.75) is 0 Å². The Bertz CT molecular complexity index is 212. The third-order valence-electron chi connectivity index (χ3n) is 1.02. The second kappa shape index (κ2) is 4.50. The van der Waals surface area contributed by atoms with Crippen LogP contribution in [0.3, 0.4) is 0 Å². The van der Waals surface area contributed by atoms with Gasteiger partial charge in [0.15, 0.2) is 6.79 Å². The lowest BCUT2D eigenvalue weighted by atomic mass is 10.5. The van der Waals surface area contributed by atoms with Gasteiger partial charge >= 0.3 is 0 Å². The van der Waals surface area contributed by atoms with E-state index in [9.17, 15) is 0 Å². The highest BCUT2D eigenvalue weighted by Gasteiger charge is 1.92. The van der Waals surface area contributed by atoms with Gasteiger partial charge in [0.2, 0.25) is 5.88 Å². The van der Waals surface area contributed by atoms with E-state index in [1.54, 1.807) is 19.4 Å². The molecule has 0 aliphatic rings. The molecule has 0 saturated carbocycles. The predicted molar refractivity (Wildman–Crippen MR) is 49.5 cm³/mol. The number of nitrogens with zero attached hydrogens (tertiary/aromatic N) is 1. The molecule has 0 unspecified atom stereocenters. The molecule has 0 N–H and O–H groups in total. The Morgan fingerprint density at radius 2 is 2.36 bits per heavy atom. The summed E-state index contributed by atoms with van der Waals surface area (Å²) in [6.45, 7) is 0.244. The normalized spacial score (nSPS) is 9.64. The summed E-state index contributed by atoms with van der Waals surface area (Å²) in [6.07, 6.45) is 1.74. The maximum atomic E-state index is 5.07. The number of aromatic nitrogens is 1. The fraction of sp³-hybridized carbons (Fsp3) is 0.286. The van der Waals surface area contributed by atoms with E-state index in [-0.39, 0.29) is 6.79 Å². The highest BCUT2D eigenvalue weighted by Crippen LogP contribution is 2.08. The third-order valence-corrected chi connectivity index (χ3v) is 1.66. The van der Waals surface area contributed by atoms with Crippen LogP contribution in [0.4, 0.5) is 0 Å². The zero-order valence-electron chi connectivity index (χ0n) is 6.08. The summed E-state index contributed by atoms with van der Waals surface area (Å²) < 4.78 is 10.9. The maximum absolute atomic E-state index is 5.07. The quantitative estimate of drug-likeness (QED) is 0.615. The van der Waals surface area contributed by atoms with Crippen LogP contribution in [0.2, 0.25) is 0 Å². The second-order valence-corrected chi connectivity index (χ2v) is 3.11. The molecule has 0 radical (unpaired) electrons. The largest absolute Gasteiger partial charge is 0.451 e. The Balaban J connectivity index is 2.52. The van der Waals surface area contributed by atoms with Crippen LogP contribution in [0, 0.1) is 3.57 Å². The fourth-order valence-electron chi connectivity index (χ4n) is 0.567. The van der Waals surface area contributed by atoms with E-state index in [4.69, 9.17) is 9.47 Å². The Morgan fingerprint density at radius 3 is 2.91 bits per heavy atom. The summed E-state index contributed by atoms with van der Waals surface area (Å²) in [6, 6.07) is 3.74. The maximum Gasteiger partial charge on any atom is 0.215 e. The SMILES string of the molecule is COCOc1ccc(I)cn1. The van der Waals surface area contributed by atoms with Gasteiger partial charge in [-0.25, -0.2) is 4.98 Å². The molecule has 1 aromatic heterocycles. The van der Waals surface area contributed by atoms with E-state index in [2.05, 4.69) is 27.6 Å². The van der Waals surface area contributed by atoms with E-state index in [0.29, 0.717) is 5.88 Å². The molecule has 0 fully saturated rings. The smallest absolute Gasteiger partial charge is 0.215 e. The average Bonchev–Trinajstić information content (AvgIpc) is 2.04. The van der Waals surface area contributed by atoms with Crippen molar-refractivity contribution in [3.63, 3.8) is 0 Å². The van der Waals surface area contributed by atoms with E-state index in [0.717, 1.165) is 3.57 Å². The van der Waals surface area contributed by atoms with Crippen LogP contribution in [-0.2, 0) is 4.74 Å². The van der Waals surface area contributed by atoms with Gasteiger partial charge in [0, 0.05) is 22.9 Å². The number of ether oxygens (including phenoxy) is 2. The summed E-state index contributed by atoms with van der Waals surface area (Å²) in [7, 11) is 1.58. The first-order chi connectivity index (χ1) is 5.33. The lowest BCUT2D eigenvalue weighted by Gasteiger charge is -2.01. The molecule has 1 aromatic rings. The van der Waals surface area contributed by atoms with E-state index < -0.39 is 0 Å². The molecule has 0 spiro atoms. The van der Waals surface area contributed by atoms with Crippen LogP contribution in [0.1, 0.15) is 0 Å². The molecule has 0 bridgehead atoms. The molecular formula is C7H8INO2. The molecule has 1 heterocycles. The molecular weight excluding hydrogens is 257 g/mol. The van der Waals surface area contributed by atoms with Gasteiger partial charge in [0.25, 0.3) is 0 Å². The first kappa shape index (κ1) is 8.73. The molecule has 0 aliphatic heterocycles. The number of pyridine rings is 1. The summed E-state index contributed by atoms with van der Waals surface area (Å²) in [4.78, 5) is 4.01. The van der Waals surface area contributed by atoms with Crippen molar-refractivity contribution in [3.8, 4) is 5.88 Å². The van der Waals surface area contributed by atoms with Crippen molar-refractivity contribution in [2.75, 3.05) is 13.9 Å². The van der Waals surface area contributed by atoms with Crippen LogP contribution >= 0.6 is 22.6 Å². The topological polar surface area (TPSA) is 31.4 Å². The number of hydrogen-bond donors (Lipinski definition) is 0. The number of methoxy groups -OCH3 is 1. The van der Waals surface area contributed by atoms with Crippen molar-refractivity contribution in [1.82, 2.24) is 4.98 Å². The molecule has 11 heavy (non-hydrogen) atoms. The zero-order chi connectivity index (χ0) is 8.10. The van der Waals surface area contributed by atoms with Gasteiger partial charge in [-0.2, -0.15) is 0 Å². The Morgan fingerprint density at radius 1 is 1.55 bits per heavy atom. The number of hydrogen-bond acceptors (Lipinski definition) is 3. The fourth-order valence-corrected chi connectivity index (χ4v) is 0.886. The monoisotopic (exact) mass is 265 g/mol. The molecule has 4 heteroatoms. The van der Waals surface area contributed by atoms with E-state index >= 15 is 0 Å². The minimum absolute atomic E-state index is 0.244. The summed E-state index contributed by atoms with van der Waals surface area (Å²) in [5.41, 5.74) is 0. The van der Waals surface area contributed by atoms with Gasteiger partial charge in [-0.15, -0.1) is 0 Å². The minimum Gasteiger partial charge on any atom is -0.451 e. The molecule has 0 aliphatic carbocycles. The highest BCUT2D eigenvalue weighted by molar-refractivity contribution is 14.1. The standard InChI is InChI=1S/C7H8INO2/c1-10-5-11-7-3-2-6(8)4-9-7/h2-4H,5H2,1H3. The molecule has 60 valence electrons. The predicted octanol–water partition coefficient (Wildman–Crippen LogP) is 1.67. The minimum atomic E-state index is 0.244. The van der Waals surface area contributed by atoms with E-state index in [1.165, 1.54) is 0 Å². The van der Waals surface area contributed by atoms with Gasteiger partial charge in [-0.05, 0) is 28.7 Å². The van der Waals surface area contributed by atoms with Crippen LogP contribution in [-0.4, -0.2) is 18.9 Å². The first-order valence-corrected chi connectivity index (χ1v) is 4.14. The van der Waals surface area contributed by atoms with Crippen molar-refractivity contribution in [3.05, 3.63) is 21.9 Å². The Hall–Kier alpha value is -0.360. The van der Waals surface area contributed by atoms with Crippen molar-refractivity contribution < 1.29 is 9.47 Å². The van der Waals surface area contributed by atoms with Gasteiger partial charge in [-0.1, -0.05) is 0 Å². The molecule has 0 saturated heterocycles. The first-order valence-electron chi connectivity index (χ1n) is 3.06. The summed E-state index contributed by atoms with van der Waals surface area (Å²) >= 11 is 2.18. The number of halogens is 1. The van der Waals surface area contributed by atoms with Gasteiger partial charge in [0.1, 0.15) is 0 Å². The molecule has 3 nitrogen and oxygen atoms in total. The summed E-state index contributed by atoms with van der Waals surface area (Å²) in [5, 5.41) is 0. The van der Waals surface area contributed by atoms with Crippen molar-refractivity contribution in [1.29, 1.82) is 0 Å². The van der Waals surface area contributed by atoms with Crippen molar-refractivity contribution >= 4 is 22.6 Å². The van der Waals surface area contributed by atoms with Crippen LogP contribution < -0.4 is 4.74 Å².